The Morgan fingerprint density at radius 2 is 2.11 bits per heavy atom. The van der Waals surface area contributed by atoms with Crippen molar-refractivity contribution in [1.82, 2.24) is 9.78 Å². The molecule has 0 radical (unpaired) electrons. The predicted molar refractivity (Wildman–Crippen MR) is 71.7 cm³/mol. The van der Waals surface area contributed by atoms with Gasteiger partial charge < -0.3 is 5.32 Å². The summed E-state index contributed by atoms with van der Waals surface area (Å²) >= 11 is 0. The molecule has 5 heteroatoms. The van der Waals surface area contributed by atoms with Crippen molar-refractivity contribution in [2.45, 2.75) is 26.8 Å². The van der Waals surface area contributed by atoms with Crippen LogP contribution in [0.25, 0.3) is 0 Å². The van der Waals surface area contributed by atoms with E-state index in [-0.39, 0.29) is 11.6 Å². The van der Waals surface area contributed by atoms with Crippen molar-refractivity contribution in [3.05, 3.63) is 47.4 Å². The number of halogens is 1. The van der Waals surface area contributed by atoms with Crippen LogP contribution in [-0.2, 0) is 0 Å². The van der Waals surface area contributed by atoms with E-state index < -0.39 is 11.7 Å². The standard InChI is InChI=1S/C14H16FN3O/c1-9(2)18-12(7-8-16-18)17-14(19)11-6-4-5-10(3)13(11)15/h4-9H,1-3H3,(H,17,19). The summed E-state index contributed by atoms with van der Waals surface area (Å²) in [4.78, 5) is 12.1. The molecule has 0 aliphatic rings. The molecule has 0 saturated heterocycles. The van der Waals surface area contributed by atoms with Crippen molar-refractivity contribution in [3.8, 4) is 0 Å². The van der Waals surface area contributed by atoms with E-state index in [0.29, 0.717) is 11.4 Å². The monoisotopic (exact) mass is 261 g/mol. The summed E-state index contributed by atoms with van der Waals surface area (Å²) in [6.07, 6.45) is 1.60. The van der Waals surface area contributed by atoms with Crippen LogP contribution in [0.4, 0.5) is 10.2 Å². The molecule has 1 aromatic heterocycles. The van der Waals surface area contributed by atoms with E-state index in [4.69, 9.17) is 0 Å². The maximum atomic E-state index is 13.9. The van der Waals surface area contributed by atoms with E-state index in [9.17, 15) is 9.18 Å². The molecule has 1 amide bonds. The summed E-state index contributed by atoms with van der Waals surface area (Å²) in [5, 5.41) is 6.79. The second-order valence-electron chi connectivity index (χ2n) is 4.65. The van der Waals surface area contributed by atoms with E-state index in [2.05, 4.69) is 10.4 Å². The molecule has 4 nitrogen and oxygen atoms in total. The third-order valence-corrected chi connectivity index (χ3v) is 2.84. The quantitative estimate of drug-likeness (QED) is 0.922. The van der Waals surface area contributed by atoms with Crippen molar-refractivity contribution in [2.24, 2.45) is 0 Å². The predicted octanol–water partition coefficient (Wildman–Crippen LogP) is 3.16. The molecule has 1 aromatic carbocycles. The first kappa shape index (κ1) is 13.3. The molecule has 0 fully saturated rings. The number of nitrogens with zero attached hydrogens (tertiary/aromatic N) is 2. The fourth-order valence-electron chi connectivity index (χ4n) is 1.83. The summed E-state index contributed by atoms with van der Waals surface area (Å²) in [6.45, 7) is 5.54. The lowest BCUT2D eigenvalue weighted by molar-refractivity contribution is 0.102. The van der Waals surface area contributed by atoms with Crippen LogP contribution in [0.1, 0.15) is 35.8 Å². The molecule has 0 spiro atoms. The van der Waals surface area contributed by atoms with E-state index >= 15 is 0 Å². The molecule has 19 heavy (non-hydrogen) atoms. The van der Waals surface area contributed by atoms with Gasteiger partial charge in [-0.15, -0.1) is 0 Å². The highest BCUT2D eigenvalue weighted by atomic mass is 19.1. The lowest BCUT2D eigenvalue weighted by Gasteiger charge is -2.12. The highest BCUT2D eigenvalue weighted by Crippen LogP contribution is 2.17. The molecule has 100 valence electrons. The Labute approximate surface area is 111 Å². The van der Waals surface area contributed by atoms with Crippen LogP contribution in [0.3, 0.4) is 0 Å². The number of aromatic nitrogens is 2. The van der Waals surface area contributed by atoms with Gasteiger partial charge in [-0.2, -0.15) is 5.10 Å². The van der Waals surface area contributed by atoms with Gasteiger partial charge in [-0.3, -0.25) is 4.79 Å². The lowest BCUT2D eigenvalue weighted by atomic mass is 10.1. The lowest BCUT2D eigenvalue weighted by Crippen LogP contribution is -2.18. The molecule has 1 heterocycles. The fourth-order valence-corrected chi connectivity index (χ4v) is 1.83. The van der Waals surface area contributed by atoms with Crippen molar-refractivity contribution < 1.29 is 9.18 Å². The zero-order valence-corrected chi connectivity index (χ0v) is 11.1. The first-order chi connectivity index (χ1) is 9.00. The van der Waals surface area contributed by atoms with Gasteiger partial charge in [-0.25, -0.2) is 9.07 Å². The Bertz CT molecular complexity index is 604. The highest BCUT2D eigenvalue weighted by molar-refractivity contribution is 6.04. The van der Waals surface area contributed by atoms with Crippen LogP contribution in [0, 0.1) is 12.7 Å². The van der Waals surface area contributed by atoms with Gasteiger partial charge in [0.15, 0.2) is 0 Å². The summed E-state index contributed by atoms with van der Waals surface area (Å²) in [7, 11) is 0. The van der Waals surface area contributed by atoms with Gasteiger partial charge in [0, 0.05) is 12.1 Å². The molecule has 0 unspecified atom stereocenters. The number of benzene rings is 1. The Hall–Kier alpha value is -2.17. The van der Waals surface area contributed by atoms with Crippen molar-refractivity contribution in [2.75, 3.05) is 5.32 Å². The van der Waals surface area contributed by atoms with E-state index in [0.717, 1.165) is 0 Å². The molecule has 0 aliphatic heterocycles. The van der Waals surface area contributed by atoms with Crippen molar-refractivity contribution in [3.63, 3.8) is 0 Å². The van der Waals surface area contributed by atoms with Crippen molar-refractivity contribution >= 4 is 11.7 Å². The number of carbonyl (C=O) groups is 1. The summed E-state index contributed by atoms with van der Waals surface area (Å²) < 4.78 is 15.5. The van der Waals surface area contributed by atoms with Gasteiger partial charge in [0.05, 0.1) is 11.8 Å². The van der Waals surface area contributed by atoms with Crippen LogP contribution in [0.5, 0.6) is 0 Å². The Morgan fingerprint density at radius 1 is 1.37 bits per heavy atom. The van der Waals surface area contributed by atoms with Crippen LogP contribution in [-0.4, -0.2) is 15.7 Å². The molecular weight excluding hydrogens is 245 g/mol. The van der Waals surface area contributed by atoms with Crippen LogP contribution >= 0.6 is 0 Å². The van der Waals surface area contributed by atoms with Gasteiger partial charge in [0.2, 0.25) is 0 Å². The Kier molecular flexibility index (Phi) is 3.64. The van der Waals surface area contributed by atoms with Gasteiger partial charge in [-0.05, 0) is 32.4 Å². The smallest absolute Gasteiger partial charge is 0.259 e. The number of rotatable bonds is 3. The molecular formula is C14H16FN3O. The van der Waals surface area contributed by atoms with Gasteiger partial charge in [-0.1, -0.05) is 12.1 Å². The number of hydrogen-bond acceptors (Lipinski definition) is 2. The number of carbonyl (C=O) groups excluding carboxylic acids is 1. The molecule has 0 bridgehead atoms. The Balaban J connectivity index is 2.26. The average Bonchev–Trinajstić information content (AvgIpc) is 2.80. The minimum atomic E-state index is -0.490. The third kappa shape index (κ3) is 2.65. The molecule has 0 aliphatic carbocycles. The summed E-state index contributed by atoms with van der Waals surface area (Å²) in [6, 6.07) is 6.56. The van der Waals surface area contributed by atoms with E-state index in [1.165, 1.54) is 6.07 Å². The zero-order valence-electron chi connectivity index (χ0n) is 11.1. The SMILES string of the molecule is Cc1cccc(C(=O)Nc2ccnn2C(C)C)c1F. The molecule has 2 aromatic rings. The second kappa shape index (κ2) is 5.22. The van der Waals surface area contributed by atoms with Gasteiger partial charge in [0.25, 0.3) is 5.91 Å². The highest BCUT2D eigenvalue weighted by Gasteiger charge is 2.15. The average molecular weight is 261 g/mol. The van der Waals surface area contributed by atoms with Crippen LogP contribution < -0.4 is 5.32 Å². The summed E-state index contributed by atoms with van der Waals surface area (Å²) in [5.41, 5.74) is 0.488. The largest absolute Gasteiger partial charge is 0.307 e. The topological polar surface area (TPSA) is 46.9 Å². The number of amides is 1. The molecule has 2 rings (SSSR count). The van der Waals surface area contributed by atoms with Crippen LogP contribution in [0.2, 0.25) is 0 Å². The molecule has 1 N–H and O–H groups in total. The maximum Gasteiger partial charge on any atom is 0.259 e. The first-order valence-electron chi connectivity index (χ1n) is 6.10. The molecule has 0 saturated carbocycles. The molecule has 0 atom stereocenters. The zero-order chi connectivity index (χ0) is 14.0. The van der Waals surface area contributed by atoms with Gasteiger partial charge >= 0.3 is 0 Å². The first-order valence-corrected chi connectivity index (χ1v) is 6.10. The minimum absolute atomic E-state index is 0.0384. The van der Waals surface area contributed by atoms with E-state index in [1.54, 1.807) is 36.0 Å². The number of aryl methyl sites for hydroxylation is 1. The Morgan fingerprint density at radius 3 is 2.79 bits per heavy atom. The third-order valence-electron chi connectivity index (χ3n) is 2.84. The normalized spacial score (nSPS) is 10.8. The van der Waals surface area contributed by atoms with E-state index in [1.807, 2.05) is 13.8 Å². The number of nitrogens with one attached hydrogen (secondary N) is 1. The number of anilines is 1. The maximum absolute atomic E-state index is 13.9. The summed E-state index contributed by atoms with van der Waals surface area (Å²) in [5.74, 6) is -0.403. The second-order valence-corrected chi connectivity index (χ2v) is 4.65. The minimum Gasteiger partial charge on any atom is -0.307 e. The van der Waals surface area contributed by atoms with Crippen molar-refractivity contribution in [1.29, 1.82) is 0 Å². The fraction of sp³-hybridized carbons (Fsp3) is 0.286. The van der Waals surface area contributed by atoms with Gasteiger partial charge in [0.1, 0.15) is 11.6 Å². The number of hydrogen-bond donors (Lipinski definition) is 1. The van der Waals surface area contributed by atoms with Crippen LogP contribution in [0.15, 0.2) is 30.5 Å².